The highest BCUT2D eigenvalue weighted by atomic mass is 19.1. The molecule has 0 fully saturated rings. The zero-order valence-electron chi connectivity index (χ0n) is 11.1. The van der Waals surface area contributed by atoms with Crippen molar-refractivity contribution in [1.29, 1.82) is 0 Å². The first-order valence-corrected chi connectivity index (χ1v) is 6.44. The van der Waals surface area contributed by atoms with Gasteiger partial charge < -0.3 is 4.74 Å². The Morgan fingerprint density at radius 1 is 1.00 bits per heavy atom. The lowest BCUT2D eigenvalue weighted by molar-refractivity contribution is 0.0835. The molecule has 2 rings (SSSR count). The van der Waals surface area contributed by atoms with Crippen molar-refractivity contribution >= 4 is 0 Å². The van der Waals surface area contributed by atoms with Gasteiger partial charge in [-0.15, -0.1) is 6.58 Å². The van der Waals surface area contributed by atoms with E-state index in [9.17, 15) is 8.78 Å². The van der Waals surface area contributed by atoms with Crippen LogP contribution in [0.2, 0.25) is 0 Å². The largest absolute Gasteiger partial charge is 0.368 e. The lowest BCUT2D eigenvalue weighted by Crippen LogP contribution is -2.08. The van der Waals surface area contributed by atoms with Gasteiger partial charge in [-0.1, -0.05) is 30.3 Å². The van der Waals surface area contributed by atoms with Gasteiger partial charge in [0, 0.05) is 0 Å². The first-order chi connectivity index (χ1) is 9.70. The summed E-state index contributed by atoms with van der Waals surface area (Å²) in [5.74, 6) is -0.674. The molecule has 0 aromatic heterocycles. The summed E-state index contributed by atoms with van der Waals surface area (Å²) in [5.41, 5.74) is 1.33. The molecule has 0 saturated heterocycles. The van der Waals surface area contributed by atoms with E-state index in [4.69, 9.17) is 4.74 Å². The van der Waals surface area contributed by atoms with Gasteiger partial charge in [0.05, 0.1) is 6.61 Å². The second-order valence-corrected chi connectivity index (χ2v) is 4.44. The van der Waals surface area contributed by atoms with Gasteiger partial charge in [0.15, 0.2) is 0 Å². The van der Waals surface area contributed by atoms with Crippen LogP contribution in [-0.4, -0.2) is 6.61 Å². The molecule has 0 aliphatic heterocycles. The Balaban J connectivity index is 2.31. The third-order valence-electron chi connectivity index (χ3n) is 2.91. The van der Waals surface area contributed by atoms with E-state index in [0.29, 0.717) is 24.2 Å². The third-order valence-corrected chi connectivity index (χ3v) is 2.91. The molecule has 0 radical (unpaired) electrons. The van der Waals surface area contributed by atoms with E-state index >= 15 is 0 Å². The standard InChI is InChI=1S/C17H16F2O/c1-2-3-10-20-17(13-6-4-8-15(18)11-13)14-7-5-9-16(19)12-14/h2,4-9,11-12,17H,1,3,10H2. The van der Waals surface area contributed by atoms with Gasteiger partial charge in [0.1, 0.15) is 17.7 Å². The van der Waals surface area contributed by atoms with Crippen molar-refractivity contribution in [3.63, 3.8) is 0 Å². The van der Waals surface area contributed by atoms with E-state index in [2.05, 4.69) is 6.58 Å². The van der Waals surface area contributed by atoms with Crippen molar-refractivity contribution in [1.82, 2.24) is 0 Å². The lowest BCUT2D eigenvalue weighted by atomic mass is 10.0. The van der Waals surface area contributed by atoms with E-state index in [0.717, 1.165) is 0 Å². The second kappa shape index (κ2) is 6.96. The minimum Gasteiger partial charge on any atom is -0.368 e. The molecule has 0 spiro atoms. The normalized spacial score (nSPS) is 10.8. The third kappa shape index (κ3) is 3.75. The minimum absolute atomic E-state index is 0.337. The maximum absolute atomic E-state index is 13.4. The molecule has 104 valence electrons. The summed E-state index contributed by atoms with van der Waals surface area (Å²) in [6.45, 7) is 4.08. The van der Waals surface area contributed by atoms with Gasteiger partial charge in [-0.05, 0) is 41.8 Å². The van der Waals surface area contributed by atoms with Crippen LogP contribution in [0.25, 0.3) is 0 Å². The molecule has 0 bridgehead atoms. The zero-order chi connectivity index (χ0) is 14.4. The minimum atomic E-state index is -0.485. The molecule has 0 heterocycles. The molecule has 2 aromatic rings. The van der Waals surface area contributed by atoms with Crippen LogP contribution < -0.4 is 0 Å². The van der Waals surface area contributed by atoms with E-state index in [1.54, 1.807) is 30.3 Å². The van der Waals surface area contributed by atoms with E-state index in [1.165, 1.54) is 24.3 Å². The maximum atomic E-state index is 13.4. The summed E-state index contributed by atoms with van der Waals surface area (Å²) in [4.78, 5) is 0. The van der Waals surface area contributed by atoms with Crippen molar-refractivity contribution in [3.05, 3.63) is 83.9 Å². The van der Waals surface area contributed by atoms with Crippen LogP contribution in [0.5, 0.6) is 0 Å². The Morgan fingerprint density at radius 2 is 1.55 bits per heavy atom. The quantitative estimate of drug-likeness (QED) is 0.550. The summed E-state index contributed by atoms with van der Waals surface area (Å²) >= 11 is 0. The van der Waals surface area contributed by atoms with Crippen LogP contribution in [0.1, 0.15) is 23.7 Å². The van der Waals surface area contributed by atoms with Gasteiger partial charge >= 0.3 is 0 Å². The SMILES string of the molecule is C=CCCOC(c1cccc(F)c1)c1cccc(F)c1. The summed E-state index contributed by atoms with van der Waals surface area (Å²) in [5, 5.41) is 0. The lowest BCUT2D eigenvalue weighted by Gasteiger charge is -2.19. The van der Waals surface area contributed by atoms with Gasteiger partial charge in [-0.3, -0.25) is 0 Å². The number of benzene rings is 2. The highest BCUT2D eigenvalue weighted by Gasteiger charge is 2.15. The van der Waals surface area contributed by atoms with E-state index in [1.807, 2.05) is 0 Å². The first kappa shape index (κ1) is 14.4. The number of rotatable bonds is 6. The van der Waals surface area contributed by atoms with E-state index in [-0.39, 0.29) is 11.6 Å². The molecule has 0 saturated carbocycles. The number of halogens is 2. The van der Waals surface area contributed by atoms with Gasteiger partial charge in [-0.25, -0.2) is 8.78 Å². The molecule has 3 heteroatoms. The predicted molar refractivity (Wildman–Crippen MR) is 75.4 cm³/mol. The molecule has 20 heavy (non-hydrogen) atoms. The molecular formula is C17H16F2O. The Bertz CT molecular complexity index is 535. The van der Waals surface area contributed by atoms with Crippen LogP contribution in [0.4, 0.5) is 8.78 Å². The highest BCUT2D eigenvalue weighted by Crippen LogP contribution is 2.27. The van der Waals surface area contributed by atoms with Gasteiger partial charge in [0.2, 0.25) is 0 Å². The molecule has 0 N–H and O–H groups in total. The molecule has 0 aliphatic rings. The van der Waals surface area contributed by atoms with Crippen LogP contribution in [0.15, 0.2) is 61.2 Å². The van der Waals surface area contributed by atoms with Crippen LogP contribution >= 0.6 is 0 Å². The fourth-order valence-electron chi connectivity index (χ4n) is 1.99. The topological polar surface area (TPSA) is 9.23 Å². The van der Waals surface area contributed by atoms with Crippen molar-refractivity contribution in [2.45, 2.75) is 12.5 Å². The maximum Gasteiger partial charge on any atom is 0.123 e. The highest BCUT2D eigenvalue weighted by molar-refractivity contribution is 5.30. The van der Waals surface area contributed by atoms with Gasteiger partial charge in [0.25, 0.3) is 0 Å². The fraction of sp³-hybridized carbons (Fsp3) is 0.176. The summed E-state index contributed by atoms with van der Waals surface area (Å²) in [6, 6.07) is 12.3. The fourth-order valence-corrected chi connectivity index (χ4v) is 1.99. The monoisotopic (exact) mass is 274 g/mol. The molecule has 0 amide bonds. The zero-order valence-corrected chi connectivity index (χ0v) is 11.1. The number of hydrogen-bond acceptors (Lipinski definition) is 1. The van der Waals surface area contributed by atoms with Crippen LogP contribution in [0.3, 0.4) is 0 Å². The van der Waals surface area contributed by atoms with Crippen molar-refractivity contribution < 1.29 is 13.5 Å². The van der Waals surface area contributed by atoms with Crippen molar-refractivity contribution in [2.24, 2.45) is 0 Å². The number of hydrogen-bond donors (Lipinski definition) is 0. The molecule has 0 unspecified atom stereocenters. The Morgan fingerprint density at radius 3 is 2.00 bits per heavy atom. The van der Waals surface area contributed by atoms with E-state index < -0.39 is 6.10 Å². The first-order valence-electron chi connectivity index (χ1n) is 6.44. The Hall–Kier alpha value is -2.00. The molecule has 0 atom stereocenters. The Kier molecular flexibility index (Phi) is 5.02. The molecule has 0 aliphatic carbocycles. The summed E-state index contributed by atoms with van der Waals surface area (Å²) in [7, 11) is 0. The second-order valence-electron chi connectivity index (χ2n) is 4.44. The van der Waals surface area contributed by atoms with Crippen LogP contribution in [-0.2, 0) is 4.74 Å². The average Bonchev–Trinajstić information content (AvgIpc) is 2.43. The van der Waals surface area contributed by atoms with Crippen molar-refractivity contribution in [2.75, 3.05) is 6.61 Å². The Labute approximate surface area is 117 Å². The van der Waals surface area contributed by atoms with Crippen molar-refractivity contribution in [3.8, 4) is 0 Å². The summed E-state index contributed by atoms with van der Waals surface area (Å²) in [6.07, 6.45) is 1.94. The molecule has 2 aromatic carbocycles. The predicted octanol–water partition coefficient (Wildman–Crippen LogP) is 4.65. The average molecular weight is 274 g/mol. The van der Waals surface area contributed by atoms with Crippen LogP contribution in [0, 0.1) is 11.6 Å². The number of ether oxygens (including phenoxy) is 1. The summed E-state index contributed by atoms with van der Waals surface area (Å²) < 4.78 is 32.5. The molecule has 1 nitrogen and oxygen atoms in total. The van der Waals surface area contributed by atoms with Gasteiger partial charge in [-0.2, -0.15) is 0 Å². The smallest absolute Gasteiger partial charge is 0.123 e. The molecular weight excluding hydrogens is 258 g/mol.